The summed E-state index contributed by atoms with van der Waals surface area (Å²) in [6.07, 6.45) is 3.16. The highest BCUT2D eigenvalue weighted by molar-refractivity contribution is 6.63. The maximum Gasteiger partial charge on any atom is 0.495 e. The van der Waals surface area contributed by atoms with E-state index in [1.54, 1.807) is 6.33 Å². The minimum absolute atomic E-state index is 0.380. The molecule has 2 aliphatic heterocycles. The molecule has 0 spiro atoms. The zero-order chi connectivity index (χ0) is 18.0. The fourth-order valence-electron chi connectivity index (χ4n) is 3.38. The molecule has 0 unspecified atom stereocenters. The number of benzene rings is 1. The van der Waals surface area contributed by atoms with Gasteiger partial charge in [0.25, 0.3) is 0 Å². The average molecular weight is 364 g/mol. The number of aromatic nitrogens is 3. The summed E-state index contributed by atoms with van der Waals surface area (Å²) < 4.78 is 28.0. The Labute approximate surface area is 151 Å². The Morgan fingerprint density at radius 1 is 1.24 bits per heavy atom. The predicted molar refractivity (Wildman–Crippen MR) is 94.3 cm³/mol. The maximum absolute atomic E-state index is 13.9. The van der Waals surface area contributed by atoms with Gasteiger partial charge in [0.05, 0.1) is 21.9 Å². The summed E-state index contributed by atoms with van der Waals surface area (Å²) >= 11 is 6.61. The number of rotatable bonds is 2. The first-order chi connectivity index (χ1) is 11.7. The van der Waals surface area contributed by atoms with Crippen molar-refractivity contribution in [1.29, 1.82) is 0 Å². The smallest absolute Gasteiger partial charge is 0.399 e. The van der Waals surface area contributed by atoms with Gasteiger partial charge in [-0.25, -0.2) is 4.39 Å². The van der Waals surface area contributed by atoms with Crippen molar-refractivity contribution in [1.82, 2.24) is 14.8 Å². The van der Waals surface area contributed by atoms with Gasteiger partial charge in [-0.2, -0.15) is 0 Å². The van der Waals surface area contributed by atoms with Crippen molar-refractivity contribution in [2.24, 2.45) is 0 Å². The molecule has 2 aliphatic rings. The molecule has 2 aromatic rings. The molecule has 0 radical (unpaired) electrons. The second-order valence-electron chi connectivity index (χ2n) is 7.61. The van der Waals surface area contributed by atoms with E-state index < -0.39 is 25.0 Å². The summed E-state index contributed by atoms with van der Waals surface area (Å²) in [5, 5.41) is 8.43. The van der Waals surface area contributed by atoms with Crippen LogP contribution in [0.15, 0.2) is 12.4 Å². The van der Waals surface area contributed by atoms with Crippen LogP contribution in [-0.4, -0.2) is 33.1 Å². The van der Waals surface area contributed by atoms with Crippen molar-refractivity contribution < 1.29 is 13.7 Å². The summed E-state index contributed by atoms with van der Waals surface area (Å²) in [7, 11) is -0.638. The van der Waals surface area contributed by atoms with Gasteiger partial charge in [-0.3, -0.25) is 4.57 Å². The Hall–Kier alpha value is -1.44. The van der Waals surface area contributed by atoms with Gasteiger partial charge < -0.3 is 9.31 Å². The Morgan fingerprint density at radius 3 is 2.56 bits per heavy atom. The minimum atomic E-state index is -0.691. The van der Waals surface area contributed by atoms with Gasteiger partial charge in [0.2, 0.25) is 0 Å². The summed E-state index contributed by atoms with van der Waals surface area (Å²) in [6, 6.07) is 1.96. The van der Waals surface area contributed by atoms with Crippen LogP contribution in [0.4, 0.5) is 4.39 Å². The highest BCUT2D eigenvalue weighted by Crippen LogP contribution is 2.39. The van der Waals surface area contributed by atoms with E-state index in [0.717, 1.165) is 29.9 Å². The van der Waals surface area contributed by atoms with Crippen LogP contribution in [0.5, 0.6) is 0 Å². The van der Waals surface area contributed by atoms with E-state index in [1.165, 1.54) is 0 Å². The molecule has 8 heteroatoms. The van der Waals surface area contributed by atoms with E-state index in [9.17, 15) is 4.39 Å². The average Bonchev–Trinajstić information content (AvgIpc) is 3.09. The third-order valence-corrected chi connectivity index (χ3v) is 5.98. The molecule has 132 valence electrons. The Bertz CT molecular complexity index is 837. The summed E-state index contributed by atoms with van der Waals surface area (Å²) in [6.45, 7) is 7.22. The van der Waals surface area contributed by atoms with Crippen molar-refractivity contribution in [2.45, 2.75) is 58.4 Å². The van der Waals surface area contributed by atoms with Crippen LogP contribution in [0.1, 0.15) is 44.6 Å². The lowest BCUT2D eigenvalue weighted by atomic mass is 9.74. The topological polar surface area (TPSA) is 49.2 Å². The number of nitrogens with zero attached hydrogens (tertiary/aromatic N) is 3. The SMILES string of the molecule is CC1(C)OB(c2cc3c(c(Cl)c2CF)-n2cnnc2CC3)OC1(C)C. The van der Waals surface area contributed by atoms with E-state index in [2.05, 4.69) is 10.2 Å². The van der Waals surface area contributed by atoms with Crippen molar-refractivity contribution in [3.8, 4) is 5.69 Å². The molecule has 5 nitrogen and oxygen atoms in total. The molecular formula is C17H20BClFN3O2. The molecule has 0 aliphatic carbocycles. The molecule has 0 bridgehead atoms. The number of halogens is 2. The molecule has 1 aromatic carbocycles. The van der Waals surface area contributed by atoms with Gasteiger partial charge in [0.1, 0.15) is 18.8 Å². The molecule has 1 saturated heterocycles. The monoisotopic (exact) mass is 363 g/mol. The summed E-state index contributed by atoms with van der Waals surface area (Å²) in [4.78, 5) is 0. The third-order valence-electron chi connectivity index (χ3n) is 5.57. The second kappa shape index (κ2) is 5.53. The molecule has 25 heavy (non-hydrogen) atoms. The highest BCUT2D eigenvalue weighted by atomic mass is 35.5. The van der Waals surface area contributed by atoms with Crippen molar-refractivity contribution in [2.75, 3.05) is 0 Å². The Morgan fingerprint density at radius 2 is 1.92 bits per heavy atom. The highest BCUT2D eigenvalue weighted by Gasteiger charge is 2.52. The largest absolute Gasteiger partial charge is 0.495 e. The normalized spacial score (nSPS) is 20.5. The molecule has 0 amide bonds. The van der Waals surface area contributed by atoms with Gasteiger partial charge in [0.15, 0.2) is 0 Å². The lowest BCUT2D eigenvalue weighted by Crippen LogP contribution is -2.41. The number of fused-ring (bicyclic) bond motifs is 3. The number of hydrogen-bond donors (Lipinski definition) is 0. The predicted octanol–water partition coefficient (Wildman–Crippen LogP) is 2.79. The van der Waals surface area contributed by atoms with E-state index in [0.29, 0.717) is 16.0 Å². The van der Waals surface area contributed by atoms with Crippen LogP contribution in [0.2, 0.25) is 5.02 Å². The fraction of sp³-hybridized carbons (Fsp3) is 0.529. The quantitative estimate of drug-likeness (QED) is 0.770. The third kappa shape index (κ3) is 2.44. The summed E-state index contributed by atoms with van der Waals surface area (Å²) in [5.41, 5.74) is 1.88. The standard InChI is InChI=1S/C17H20BClFN3O2/c1-16(2)17(3,4)25-18(24-16)12-7-10-5-6-13-22-21-9-23(13)15(10)14(19)11(12)8-20/h7,9H,5-6,8H2,1-4H3. The zero-order valence-corrected chi connectivity index (χ0v) is 15.5. The van der Waals surface area contributed by atoms with Gasteiger partial charge in [0, 0.05) is 12.0 Å². The molecule has 0 N–H and O–H groups in total. The Balaban J connectivity index is 1.85. The van der Waals surface area contributed by atoms with E-state index >= 15 is 0 Å². The number of hydrogen-bond acceptors (Lipinski definition) is 4. The first-order valence-corrected chi connectivity index (χ1v) is 8.78. The lowest BCUT2D eigenvalue weighted by molar-refractivity contribution is 0.00578. The van der Waals surface area contributed by atoms with Crippen molar-refractivity contribution >= 4 is 24.2 Å². The summed E-state index contributed by atoms with van der Waals surface area (Å²) in [5.74, 6) is 0.836. The van der Waals surface area contributed by atoms with E-state index in [-0.39, 0.29) is 0 Å². The van der Waals surface area contributed by atoms with Gasteiger partial charge >= 0.3 is 7.12 Å². The van der Waals surface area contributed by atoms with Crippen molar-refractivity contribution in [3.05, 3.63) is 34.4 Å². The maximum atomic E-state index is 13.9. The molecule has 3 heterocycles. The molecule has 0 atom stereocenters. The molecule has 4 rings (SSSR count). The van der Waals surface area contributed by atoms with Crippen molar-refractivity contribution in [3.63, 3.8) is 0 Å². The van der Waals surface area contributed by atoms with Gasteiger partial charge in [-0.1, -0.05) is 17.7 Å². The Kier molecular flexibility index (Phi) is 3.76. The second-order valence-corrected chi connectivity index (χ2v) is 7.98. The first kappa shape index (κ1) is 17.0. The zero-order valence-electron chi connectivity index (χ0n) is 14.8. The number of aryl methyl sites for hydroxylation is 2. The van der Waals surface area contributed by atoms with Crippen LogP contribution in [0.25, 0.3) is 5.69 Å². The van der Waals surface area contributed by atoms with Gasteiger partial charge in [-0.15, -0.1) is 10.2 Å². The lowest BCUT2D eigenvalue weighted by Gasteiger charge is -2.32. The molecule has 1 fully saturated rings. The van der Waals surface area contributed by atoms with Crippen LogP contribution in [-0.2, 0) is 28.8 Å². The van der Waals surface area contributed by atoms with Crippen LogP contribution >= 0.6 is 11.6 Å². The van der Waals surface area contributed by atoms with Gasteiger partial charge in [-0.05, 0) is 45.1 Å². The minimum Gasteiger partial charge on any atom is -0.399 e. The van der Waals surface area contributed by atoms with Crippen LogP contribution in [0.3, 0.4) is 0 Å². The van der Waals surface area contributed by atoms with E-state index in [1.807, 2.05) is 38.3 Å². The molecule has 0 saturated carbocycles. The van der Waals surface area contributed by atoms with E-state index in [4.69, 9.17) is 20.9 Å². The number of alkyl halides is 1. The molecule has 1 aromatic heterocycles. The molecular weight excluding hydrogens is 343 g/mol. The first-order valence-electron chi connectivity index (χ1n) is 8.40. The fourth-order valence-corrected chi connectivity index (χ4v) is 3.76. The van der Waals surface area contributed by atoms with Crippen LogP contribution < -0.4 is 5.46 Å². The van der Waals surface area contributed by atoms with Crippen LogP contribution in [0, 0.1) is 0 Å².